The van der Waals surface area contributed by atoms with Crippen LogP contribution in [0.15, 0.2) is 42.9 Å². The minimum absolute atomic E-state index is 0.0516. The predicted octanol–water partition coefficient (Wildman–Crippen LogP) is 4.29. The molecule has 0 saturated carbocycles. The number of hydrogen-bond acceptors (Lipinski definition) is 4. The highest BCUT2D eigenvalue weighted by molar-refractivity contribution is 7.18. The van der Waals surface area contributed by atoms with Crippen LogP contribution in [0, 0.1) is 12.3 Å². The number of carbonyl (C=O) groups excluding carboxylic acids is 1. The third-order valence-electron chi connectivity index (χ3n) is 3.50. The predicted molar refractivity (Wildman–Crippen MR) is 97.5 cm³/mol. The second-order valence-corrected chi connectivity index (χ2v) is 7.64. The molecule has 0 radical (unpaired) electrons. The number of nitrogens with zero attached hydrogens (tertiary/aromatic N) is 3. The first-order valence-corrected chi connectivity index (χ1v) is 8.55. The molecule has 0 fully saturated rings. The van der Waals surface area contributed by atoms with Gasteiger partial charge in [0.05, 0.1) is 5.69 Å². The van der Waals surface area contributed by atoms with Gasteiger partial charge in [0.25, 0.3) is 0 Å². The lowest BCUT2D eigenvalue weighted by Gasteiger charge is -2.15. The maximum Gasteiger partial charge on any atom is 0.231 e. The van der Waals surface area contributed by atoms with Gasteiger partial charge in [-0.3, -0.25) is 9.36 Å². The van der Waals surface area contributed by atoms with E-state index in [1.165, 1.54) is 11.3 Å². The second kappa shape index (κ2) is 6.20. The molecule has 0 aliphatic heterocycles. The number of benzene rings is 1. The number of thiazole rings is 1. The smallest absolute Gasteiger partial charge is 0.231 e. The van der Waals surface area contributed by atoms with Crippen LogP contribution < -0.4 is 5.32 Å². The number of aromatic nitrogens is 3. The number of aryl methyl sites for hydroxylation is 1. The summed E-state index contributed by atoms with van der Waals surface area (Å²) in [4.78, 5) is 21.2. The van der Waals surface area contributed by atoms with Crippen molar-refractivity contribution in [3.63, 3.8) is 0 Å². The summed E-state index contributed by atoms with van der Waals surface area (Å²) < 4.78 is 1.95. The molecule has 6 heteroatoms. The van der Waals surface area contributed by atoms with E-state index in [4.69, 9.17) is 0 Å². The van der Waals surface area contributed by atoms with E-state index in [0.29, 0.717) is 5.13 Å². The number of amides is 1. The standard InChI is InChI=1S/C18H20N4OS/c1-12-10-22(11-19-12)15-14(13-8-6-5-7-9-13)20-17(24-15)21-16(23)18(2,3)4/h5-11H,1-4H3,(H,20,21,23). The van der Waals surface area contributed by atoms with Crippen LogP contribution in [-0.4, -0.2) is 20.4 Å². The highest BCUT2D eigenvalue weighted by atomic mass is 32.1. The Hall–Kier alpha value is -2.47. The van der Waals surface area contributed by atoms with Crippen LogP contribution in [0.4, 0.5) is 5.13 Å². The molecular weight excluding hydrogens is 320 g/mol. The molecule has 5 nitrogen and oxygen atoms in total. The monoisotopic (exact) mass is 340 g/mol. The minimum Gasteiger partial charge on any atom is -0.301 e. The molecule has 1 N–H and O–H groups in total. The SMILES string of the molecule is Cc1cn(-c2sc(NC(=O)C(C)(C)C)nc2-c2ccccc2)cn1. The zero-order chi connectivity index (χ0) is 17.3. The summed E-state index contributed by atoms with van der Waals surface area (Å²) in [6, 6.07) is 9.95. The molecule has 1 amide bonds. The minimum atomic E-state index is -0.468. The summed E-state index contributed by atoms with van der Waals surface area (Å²) in [6.45, 7) is 7.60. The molecule has 3 aromatic rings. The van der Waals surface area contributed by atoms with Crippen molar-refractivity contribution in [3.8, 4) is 16.3 Å². The first-order chi connectivity index (χ1) is 11.3. The summed E-state index contributed by atoms with van der Waals surface area (Å²) in [7, 11) is 0. The van der Waals surface area contributed by atoms with Crippen LogP contribution in [0.3, 0.4) is 0 Å². The summed E-state index contributed by atoms with van der Waals surface area (Å²) in [5.41, 5.74) is 2.31. The lowest BCUT2D eigenvalue weighted by atomic mass is 9.96. The van der Waals surface area contributed by atoms with Crippen LogP contribution in [0.2, 0.25) is 0 Å². The van der Waals surface area contributed by atoms with E-state index in [2.05, 4.69) is 15.3 Å². The molecule has 0 bridgehead atoms. The van der Waals surface area contributed by atoms with Gasteiger partial charge in [-0.15, -0.1) is 0 Å². The Morgan fingerprint density at radius 2 is 1.92 bits per heavy atom. The summed E-state index contributed by atoms with van der Waals surface area (Å²) in [6.07, 6.45) is 3.72. The lowest BCUT2D eigenvalue weighted by Crippen LogP contribution is -2.27. The fraction of sp³-hybridized carbons (Fsp3) is 0.278. The highest BCUT2D eigenvalue weighted by Gasteiger charge is 2.23. The van der Waals surface area contributed by atoms with Crippen molar-refractivity contribution >= 4 is 22.4 Å². The molecule has 0 spiro atoms. The largest absolute Gasteiger partial charge is 0.301 e. The molecule has 0 unspecified atom stereocenters. The van der Waals surface area contributed by atoms with Gasteiger partial charge in [-0.05, 0) is 6.92 Å². The Balaban J connectivity index is 2.05. The number of anilines is 1. The quantitative estimate of drug-likeness (QED) is 0.774. The topological polar surface area (TPSA) is 59.8 Å². The summed E-state index contributed by atoms with van der Waals surface area (Å²) >= 11 is 1.45. The molecule has 2 heterocycles. The lowest BCUT2D eigenvalue weighted by molar-refractivity contribution is -0.123. The van der Waals surface area contributed by atoms with Gasteiger partial charge in [0, 0.05) is 17.2 Å². The maximum absolute atomic E-state index is 12.3. The Bertz CT molecular complexity index is 859. The van der Waals surface area contributed by atoms with E-state index in [-0.39, 0.29) is 5.91 Å². The molecule has 0 atom stereocenters. The number of nitrogens with one attached hydrogen (secondary N) is 1. The Kier molecular flexibility index (Phi) is 4.24. The van der Waals surface area contributed by atoms with Gasteiger partial charge in [0.15, 0.2) is 5.13 Å². The van der Waals surface area contributed by atoms with Crippen molar-refractivity contribution in [2.75, 3.05) is 5.32 Å². The van der Waals surface area contributed by atoms with E-state index in [0.717, 1.165) is 22.0 Å². The average molecular weight is 340 g/mol. The molecule has 0 aliphatic carbocycles. The van der Waals surface area contributed by atoms with Gasteiger partial charge in [-0.2, -0.15) is 0 Å². The zero-order valence-electron chi connectivity index (χ0n) is 14.2. The summed E-state index contributed by atoms with van der Waals surface area (Å²) in [5, 5.41) is 4.45. The number of rotatable bonds is 3. The van der Waals surface area contributed by atoms with E-state index < -0.39 is 5.41 Å². The molecule has 2 aromatic heterocycles. The van der Waals surface area contributed by atoms with Gasteiger partial charge in [-0.25, -0.2) is 9.97 Å². The first-order valence-electron chi connectivity index (χ1n) is 7.73. The molecule has 0 saturated heterocycles. The number of carbonyl (C=O) groups is 1. The van der Waals surface area contributed by atoms with Gasteiger partial charge < -0.3 is 5.32 Å². The molecule has 0 aliphatic rings. The Morgan fingerprint density at radius 1 is 1.21 bits per heavy atom. The number of hydrogen-bond donors (Lipinski definition) is 1. The van der Waals surface area contributed by atoms with E-state index in [1.54, 1.807) is 6.33 Å². The van der Waals surface area contributed by atoms with Gasteiger partial charge in [0.2, 0.25) is 5.91 Å². The second-order valence-electron chi connectivity index (χ2n) is 6.67. The van der Waals surface area contributed by atoms with Crippen LogP contribution in [-0.2, 0) is 4.79 Å². The van der Waals surface area contributed by atoms with Crippen molar-refractivity contribution in [3.05, 3.63) is 48.5 Å². The van der Waals surface area contributed by atoms with Crippen molar-refractivity contribution < 1.29 is 4.79 Å². The Labute approximate surface area is 145 Å². The van der Waals surface area contributed by atoms with Gasteiger partial charge in [-0.1, -0.05) is 62.4 Å². The van der Waals surface area contributed by atoms with Crippen LogP contribution in [0.1, 0.15) is 26.5 Å². The van der Waals surface area contributed by atoms with Crippen molar-refractivity contribution in [1.82, 2.24) is 14.5 Å². The van der Waals surface area contributed by atoms with Crippen LogP contribution >= 0.6 is 11.3 Å². The van der Waals surface area contributed by atoms with Gasteiger partial charge >= 0.3 is 0 Å². The average Bonchev–Trinajstić information content (AvgIpc) is 3.13. The molecule has 24 heavy (non-hydrogen) atoms. The summed E-state index contributed by atoms with van der Waals surface area (Å²) in [5.74, 6) is -0.0516. The normalized spacial score (nSPS) is 11.5. The zero-order valence-corrected chi connectivity index (χ0v) is 15.0. The fourth-order valence-electron chi connectivity index (χ4n) is 2.14. The first kappa shape index (κ1) is 16.4. The molecular formula is C18H20N4OS. The van der Waals surface area contributed by atoms with Crippen LogP contribution in [0.5, 0.6) is 0 Å². The Morgan fingerprint density at radius 3 is 2.50 bits per heavy atom. The van der Waals surface area contributed by atoms with Gasteiger partial charge in [0.1, 0.15) is 17.0 Å². The highest BCUT2D eigenvalue weighted by Crippen LogP contribution is 2.35. The van der Waals surface area contributed by atoms with Crippen molar-refractivity contribution in [2.45, 2.75) is 27.7 Å². The maximum atomic E-state index is 12.3. The van der Waals surface area contributed by atoms with Crippen molar-refractivity contribution in [2.24, 2.45) is 5.41 Å². The number of imidazole rings is 1. The molecule has 1 aromatic carbocycles. The van der Waals surface area contributed by atoms with E-state index in [9.17, 15) is 4.79 Å². The van der Waals surface area contributed by atoms with E-state index >= 15 is 0 Å². The van der Waals surface area contributed by atoms with Crippen LogP contribution in [0.25, 0.3) is 16.3 Å². The molecule has 124 valence electrons. The van der Waals surface area contributed by atoms with Crippen molar-refractivity contribution in [1.29, 1.82) is 0 Å². The van der Waals surface area contributed by atoms with E-state index in [1.807, 2.05) is 68.8 Å². The fourth-order valence-corrected chi connectivity index (χ4v) is 3.07. The third-order valence-corrected chi connectivity index (χ3v) is 4.49. The third kappa shape index (κ3) is 3.38. The molecule has 3 rings (SSSR count).